The first kappa shape index (κ1) is 12.0. The number of ether oxygens (including phenoxy) is 1. The summed E-state index contributed by atoms with van der Waals surface area (Å²) in [6, 6.07) is -0.466. The maximum Gasteiger partial charge on any atom is 0.254 e. The molecule has 5 nitrogen and oxygen atoms in total. The normalized spacial score (nSPS) is 21.8. The van der Waals surface area contributed by atoms with Crippen molar-refractivity contribution >= 4 is 11.8 Å². The SMILES string of the molecule is COC(C)(C)C(=O)N1CCCC1C(N)=O. The van der Waals surface area contributed by atoms with Crippen molar-refractivity contribution < 1.29 is 14.3 Å². The van der Waals surface area contributed by atoms with Crippen LogP contribution in [0.3, 0.4) is 0 Å². The van der Waals surface area contributed by atoms with Crippen LogP contribution in [0, 0.1) is 0 Å². The highest BCUT2D eigenvalue weighted by molar-refractivity contribution is 5.90. The zero-order valence-corrected chi connectivity index (χ0v) is 9.45. The van der Waals surface area contributed by atoms with Crippen molar-refractivity contribution in [2.75, 3.05) is 13.7 Å². The van der Waals surface area contributed by atoms with Crippen molar-refractivity contribution in [3.05, 3.63) is 0 Å². The Morgan fingerprint density at radius 3 is 2.53 bits per heavy atom. The molecule has 0 aromatic heterocycles. The quantitative estimate of drug-likeness (QED) is 0.712. The second-order valence-corrected chi connectivity index (χ2v) is 4.27. The lowest BCUT2D eigenvalue weighted by Crippen LogP contribution is -2.51. The Labute approximate surface area is 89.6 Å². The number of carbonyl (C=O) groups is 2. The molecule has 0 saturated carbocycles. The van der Waals surface area contributed by atoms with Crippen LogP contribution in [0.2, 0.25) is 0 Å². The Bertz CT molecular complexity index is 276. The lowest BCUT2D eigenvalue weighted by molar-refractivity contribution is -0.154. The van der Waals surface area contributed by atoms with Crippen molar-refractivity contribution in [3.63, 3.8) is 0 Å². The van der Waals surface area contributed by atoms with Gasteiger partial charge in [-0.25, -0.2) is 0 Å². The van der Waals surface area contributed by atoms with Gasteiger partial charge < -0.3 is 15.4 Å². The third kappa shape index (κ3) is 2.28. The minimum absolute atomic E-state index is 0.175. The minimum atomic E-state index is -0.891. The molecule has 1 rings (SSSR count). The summed E-state index contributed by atoms with van der Waals surface area (Å²) < 4.78 is 5.10. The number of methoxy groups -OCH3 is 1. The van der Waals surface area contributed by atoms with E-state index in [9.17, 15) is 9.59 Å². The highest BCUT2D eigenvalue weighted by Crippen LogP contribution is 2.22. The van der Waals surface area contributed by atoms with Gasteiger partial charge in [-0.3, -0.25) is 9.59 Å². The third-order valence-corrected chi connectivity index (χ3v) is 2.87. The molecular weight excluding hydrogens is 196 g/mol. The topological polar surface area (TPSA) is 72.6 Å². The number of nitrogens with zero attached hydrogens (tertiary/aromatic N) is 1. The first-order valence-electron chi connectivity index (χ1n) is 5.05. The zero-order chi connectivity index (χ0) is 11.6. The molecular formula is C10H18N2O3. The Morgan fingerprint density at radius 1 is 1.47 bits per heavy atom. The van der Waals surface area contributed by atoms with E-state index in [4.69, 9.17) is 10.5 Å². The molecule has 0 bridgehead atoms. The van der Waals surface area contributed by atoms with Gasteiger partial charge in [0, 0.05) is 13.7 Å². The monoisotopic (exact) mass is 214 g/mol. The fourth-order valence-corrected chi connectivity index (χ4v) is 1.74. The molecule has 1 aliphatic rings. The van der Waals surface area contributed by atoms with Gasteiger partial charge in [0.05, 0.1) is 0 Å². The van der Waals surface area contributed by atoms with Crippen molar-refractivity contribution in [2.45, 2.75) is 38.3 Å². The predicted octanol–water partition coefficient (Wildman–Crippen LogP) is -0.112. The number of rotatable bonds is 3. The lowest BCUT2D eigenvalue weighted by Gasteiger charge is -2.30. The Kier molecular flexibility index (Phi) is 3.34. The molecule has 0 aromatic carbocycles. The standard InChI is InChI=1S/C10H18N2O3/c1-10(2,15-3)9(14)12-6-4-5-7(12)8(11)13/h7H,4-6H2,1-3H3,(H2,11,13). The zero-order valence-electron chi connectivity index (χ0n) is 9.45. The minimum Gasteiger partial charge on any atom is -0.369 e. The van der Waals surface area contributed by atoms with Crippen LogP contribution in [0.15, 0.2) is 0 Å². The molecule has 86 valence electrons. The largest absolute Gasteiger partial charge is 0.369 e. The summed E-state index contributed by atoms with van der Waals surface area (Å²) in [5.74, 6) is -0.612. The second-order valence-electron chi connectivity index (χ2n) is 4.27. The Hall–Kier alpha value is -1.10. The highest BCUT2D eigenvalue weighted by Gasteiger charge is 2.39. The van der Waals surface area contributed by atoms with E-state index < -0.39 is 17.6 Å². The van der Waals surface area contributed by atoms with E-state index in [-0.39, 0.29) is 5.91 Å². The van der Waals surface area contributed by atoms with Crippen LogP contribution >= 0.6 is 0 Å². The number of likely N-dealkylation sites (tertiary alicyclic amines) is 1. The average Bonchev–Trinajstić information content (AvgIpc) is 2.64. The number of primary amides is 1. The van der Waals surface area contributed by atoms with Crippen molar-refractivity contribution in [3.8, 4) is 0 Å². The van der Waals surface area contributed by atoms with Gasteiger partial charge in [0.25, 0.3) is 5.91 Å². The molecule has 15 heavy (non-hydrogen) atoms. The van der Waals surface area contributed by atoms with Crippen LogP contribution < -0.4 is 5.73 Å². The van der Waals surface area contributed by atoms with E-state index in [2.05, 4.69) is 0 Å². The summed E-state index contributed by atoms with van der Waals surface area (Å²) in [7, 11) is 1.48. The average molecular weight is 214 g/mol. The van der Waals surface area contributed by atoms with Gasteiger partial charge in [0.1, 0.15) is 11.6 Å². The van der Waals surface area contributed by atoms with Crippen molar-refractivity contribution in [1.82, 2.24) is 4.90 Å². The van der Waals surface area contributed by atoms with Gasteiger partial charge in [-0.15, -0.1) is 0 Å². The van der Waals surface area contributed by atoms with E-state index in [1.54, 1.807) is 13.8 Å². The number of hydrogen-bond acceptors (Lipinski definition) is 3. The maximum absolute atomic E-state index is 12.0. The summed E-state index contributed by atoms with van der Waals surface area (Å²) in [6.07, 6.45) is 1.47. The predicted molar refractivity (Wildman–Crippen MR) is 55.0 cm³/mol. The summed E-state index contributed by atoms with van der Waals surface area (Å²) in [6.45, 7) is 3.96. The molecule has 2 N–H and O–H groups in total. The molecule has 0 spiro atoms. The Morgan fingerprint density at radius 2 is 2.07 bits per heavy atom. The second kappa shape index (κ2) is 4.18. The third-order valence-electron chi connectivity index (χ3n) is 2.87. The maximum atomic E-state index is 12.0. The van der Waals surface area contributed by atoms with Crippen LogP contribution in [0.25, 0.3) is 0 Å². The van der Waals surface area contributed by atoms with Crippen molar-refractivity contribution in [2.24, 2.45) is 5.73 Å². The van der Waals surface area contributed by atoms with Crippen LogP contribution in [0.5, 0.6) is 0 Å². The first-order valence-corrected chi connectivity index (χ1v) is 5.05. The molecule has 5 heteroatoms. The molecule has 0 aromatic rings. The highest BCUT2D eigenvalue weighted by atomic mass is 16.5. The molecule has 0 radical (unpaired) electrons. The first-order chi connectivity index (χ1) is 6.90. The molecule has 1 saturated heterocycles. The molecule has 1 heterocycles. The summed E-state index contributed by atoms with van der Waals surface area (Å²) in [5, 5.41) is 0. The number of nitrogens with two attached hydrogens (primary N) is 1. The van der Waals surface area contributed by atoms with Crippen LogP contribution in [-0.4, -0.2) is 42.0 Å². The smallest absolute Gasteiger partial charge is 0.254 e. The van der Waals surface area contributed by atoms with E-state index >= 15 is 0 Å². The fourth-order valence-electron chi connectivity index (χ4n) is 1.74. The van der Waals surface area contributed by atoms with E-state index in [1.807, 2.05) is 0 Å². The van der Waals surface area contributed by atoms with Crippen LogP contribution in [0.4, 0.5) is 0 Å². The van der Waals surface area contributed by atoms with Crippen LogP contribution in [-0.2, 0) is 14.3 Å². The molecule has 1 unspecified atom stereocenters. The molecule has 1 aliphatic heterocycles. The summed E-state index contributed by atoms with van der Waals surface area (Å²) in [5.41, 5.74) is 4.35. The molecule has 0 aliphatic carbocycles. The van der Waals surface area contributed by atoms with Gasteiger partial charge in [-0.05, 0) is 26.7 Å². The van der Waals surface area contributed by atoms with Gasteiger partial charge in [-0.1, -0.05) is 0 Å². The fraction of sp³-hybridized carbons (Fsp3) is 0.800. The van der Waals surface area contributed by atoms with Gasteiger partial charge in [0.15, 0.2) is 0 Å². The van der Waals surface area contributed by atoms with Gasteiger partial charge >= 0.3 is 0 Å². The van der Waals surface area contributed by atoms with Gasteiger partial charge in [-0.2, -0.15) is 0 Å². The lowest BCUT2D eigenvalue weighted by atomic mass is 10.1. The number of carbonyl (C=O) groups excluding carboxylic acids is 2. The summed E-state index contributed by atoms with van der Waals surface area (Å²) >= 11 is 0. The molecule has 1 fully saturated rings. The molecule has 1 atom stereocenters. The van der Waals surface area contributed by atoms with Crippen molar-refractivity contribution in [1.29, 1.82) is 0 Å². The Balaban J connectivity index is 2.79. The van der Waals surface area contributed by atoms with E-state index in [0.717, 1.165) is 6.42 Å². The van der Waals surface area contributed by atoms with Crippen LogP contribution in [0.1, 0.15) is 26.7 Å². The van der Waals surface area contributed by atoms with Gasteiger partial charge in [0.2, 0.25) is 5.91 Å². The number of amides is 2. The summed E-state index contributed by atoms with van der Waals surface area (Å²) in [4.78, 5) is 24.6. The molecule has 2 amide bonds. The van der Waals surface area contributed by atoms with E-state index in [1.165, 1.54) is 12.0 Å². The number of hydrogen-bond donors (Lipinski definition) is 1. The van der Waals surface area contributed by atoms with E-state index in [0.29, 0.717) is 13.0 Å².